The lowest BCUT2D eigenvalue weighted by Gasteiger charge is -2.12. The number of para-hydroxylation sites is 1. The van der Waals surface area contributed by atoms with E-state index in [4.69, 9.17) is 9.84 Å². The average molecular weight is 550 g/mol. The SMILES string of the molecule is O=C(O)CCc1ccccc1OCC[C@@H](O)/C=C/c1cccc(NS(=O)(=O)c2cccc(C(F)(F)F)c2)c1. The molecular weight excluding hydrogens is 523 g/mol. The monoisotopic (exact) mass is 549 g/mol. The quantitative estimate of drug-likeness (QED) is 0.280. The van der Waals surface area contributed by atoms with Gasteiger partial charge in [-0.15, -0.1) is 0 Å². The van der Waals surface area contributed by atoms with Gasteiger partial charge in [0.1, 0.15) is 5.75 Å². The van der Waals surface area contributed by atoms with Crippen LogP contribution < -0.4 is 9.46 Å². The molecule has 0 aromatic heterocycles. The number of hydrogen-bond acceptors (Lipinski definition) is 5. The predicted molar refractivity (Wildman–Crippen MR) is 136 cm³/mol. The highest BCUT2D eigenvalue weighted by atomic mass is 32.2. The number of carboxylic acids is 1. The van der Waals surface area contributed by atoms with Crippen molar-refractivity contribution < 1.29 is 41.3 Å². The van der Waals surface area contributed by atoms with Gasteiger partial charge in [-0.05, 0) is 53.9 Å². The molecule has 3 N–H and O–H groups in total. The van der Waals surface area contributed by atoms with Gasteiger partial charge in [0.25, 0.3) is 10.0 Å². The number of aryl methyl sites for hydroxylation is 1. The number of carboxylic acid groups (broad SMARTS) is 1. The molecule has 11 heteroatoms. The van der Waals surface area contributed by atoms with Crippen molar-refractivity contribution in [2.45, 2.75) is 36.4 Å². The lowest BCUT2D eigenvalue weighted by Crippen LogP contribution is -2.14. The van der Waals surface area contributed by atoms with Crippen LogP contribution in [-0.2, 0) is 27.4 Å². The van der Waals surface area contributed by atoms with Gasteiger partial charge in [0, 0.05) is 18.5 Å². The van der Waals surface area contributed by atoms with Crippen molar-refractivity contribution in [2.75, 3.05) is 11.3 Å². The molecule has 0 bridgehead atoms. The molecule has 0 aliphatic rings. The summed E-state index contributed by atoms with van der Waals surface area (Å²) in [7, 11) is -4.27. The third-order valence-electron chi connectivity index (χ3n) is 5.37. The minimum absolute atomic E-state index is 0.0269. The summed E-state index contributed by atoms with van der Waals surface area (Å²) in [6, 6.07) is 16.7. The highest BCUT2D eigenvalue weighted by molar-refractivity contribution is 7.92. The van der Waals surface area contributed by atoms with Gasteiger partial charge >= 0.3 is 12.1 Å². The molecule has 0 heterocycles. The van der Waals surface area contributed by atoms with Crippen LogP contribution in [0.3, 0.4) is 0 Å². The summed E-state index contributed by atoms with van der Waals surface area (Å²) in [5, 5.41) is 19.2. The maximum absolute atomic E-state index is 13.0. The largest absolute Gasteiger partial charge is 0.493 e. The van der Waals surface area contributed by atoms with Crippen LogP contribution in [0.25, 0.3) is 6.08 Å². The molecule has 0 spiro atoms. The number of aliphatic hydroxyl groups is 1. The van der Waals surface area contributed by atoms with Gasteiger partial charge < -0.3 is 14.9 Å². The number of rotatable bonds is 12. The van der Waals surface area contributed by atoms with Crippen LogP contribution in [0.2, 0.25) is 0 Å². The van der Waals surface area contributed by atoms with Gasteiger partial charge in [0.15, 0.2) is 0 Å². The van der Waals surface area contributed by atoms with Gasteiger partial charge in [-0.25, -0.2) is 8.42 Å². The molecule has 0 amide bonds. The number of hydrogen-bond donors (Lipinski definition) is 3. The molecule has 0 unspecified atom stereocenters. The number of sulfonamides is 1. The van der Waals surface area contributed by atoms with E-state index >= 15 is 0 Å². The van der Waals surface area contributed by atoms with Gasteiger partial charge in [-0.3, -0.25) is 9.52 Å². The van der Waals surface area contributed by atoms with Crippen molar-refractivity contribution in [3.05, 3.63) is 95.6 Å². The lowest BCUT2D eigenvalue weighted by molar-refractivity contribution is -0.138. The summed E-state index contributed by atoms with van der Waals surface area (Å²) in [6.45, 7) is 0.173. The average Bonchev–Trinajstić information content (AvgIpc) is 2.86. The van der Waals surface area contributed by atoms with Crippen LogP contribution in [0.5, 0.6) is 5.75 Å². The second-order valence-corrected chi connectivity index (χ2v) is 10.0. The van der Waals surface area contributed by atoms with E-state index in [1.54, 1.807) is 42.5 Å². The predicted octanol–water partition coefficient (Wildman–Crippen LogP) is 5.37. The summed E-state index contributed by atoms with van der Waals surface area (Å²) in [4.78, 5) is 10.3. The second-order valence-electron chi connectivity index (χ2n) is 8.32. The Morgan fingerprint density at radius 2 is 1.76 bits per heavy atom. The number of alkyl halides is 3. The van der Waals surface area contributed by atoms with Crippen molar-refractivity contribution in [1.29, 1.82) is 0 Å². The van der Waals surface area contributed by atoms with E-state index < -0.39 is 38.7 Å². The van der Waals surface area contributed by atoms with Gasteiger partial charge in [-0.1, -0.05) is 48.6 Å². The smallest absolute Gasteiger partial charge is 0.416 e. The fourth-order valence-electron chi connectivity index (χ4n) is 3.46. The summed E-state index contributed by atoms with van der Waals surface area (Å²) in [5.41, 5.74) is 0.372. The molecule has 0 aliphatic heterocycles. The van der Waals surface area contributed by atoms with Crippen LogP contribution >= 0.6 is 0 Å². The number of nitrogens with one attached hydrogen (secondary N) is 1. The number of aliphatic carboxylic acids is 1. The number of anilines is 1. The van der Waals surface area contributed by atoms with E-state index in [1.807, 2.05) is 0 Å². The number of halogens is 3. The number of aliphatic hydroxyl groups excluding tert-OH is 1. The Balaban J connectivity index is 1.58. The van der Waals surface area contributed by atoms with Crippen LogP contribution in [0.1, 0.15) is 29.5 Å². The first-order valence-corrected chi connectivity index (χ1v) is 13.0. The van der Waals surface area contributed by atoms with E-state index in [1.165, 1.54) is 18.2 Å². The van der Waals surface area contributed by atoms with E-state index in [9.17, 15) is 31.5 Å². The standard InChI is InChI=1S/C27H26F3NO6S/c28-27(29,30)21-7-4-9-24(18-21)38(35,36)31-22-8-3-5-19(17-22)11-13-23(32)15-16-37-25-10-2-1-6-20(25)12-14-26(33)34/h1-11,13,17-18,23,31-32H,12,14-16H2,(H,33,34)/b13-11+/t23-/m0/s1. The first-order chi connectivity index (χ1) is 17.9. The molecule has 3 aromatic carbocycles. The molecule has 0 saturated carbocycles. The number of carbonyl (C=O) groups is 1. The summed E-state index contributed by atoms with van der Waals surface area (Å²) < 4.78 is 72.1. The minimum atomic E-state index is -4.67. The summed E-state index contributed by atoms with van der Waals surface area (Å²) >= 11 is 0. The summed E-state index contributed by atoms with van der Waals surface area (Å²) in [5.74, 6) is -0.362. The van der Waals surface area contributed by atoms with Gasteiger partial charge in [0.2, 0.25) is 0 Å². The topological polar surface area (TPSA) is 113 Å². The van der Waals surface area contributed by atoms with E-state index in [0.717, 1.165) is 23.8 Å². The molecule has 0 aliphatic carbocycles. The molecule has 3 rings (SSSR count). The Kier molecular flexibility index (Phi) is 9.54. The van der Waals surface area contributed by atoms with Crippen molar-refractivity contribution in [2.24, 2.45) is 0 Å². The Bertz CT molecular complexity index is 1390. The second kappa shape index (κ2) is 12.6. The van der Waals surface area contributed by atoms with Crippen LogP contribution in [0, 0.1) is 0 Å². The van der Waals surface area contributed by atoms with Crippen LogP contribution in [0.4, 0.5) is 18.9 Å². The van der Waals surface area contributed by atoms with Crippen molar-refractivity contribution >= 4 is 27.8 Å². The molecule has 202 valence electrons. The Morgan fingerprint density at radius 1 is 1.03 bits per heavy atom. The first-order valence-electron chi connectivity index (χ1n) is 11.5. The minimum Gasteiger partial charge on any atom is -0.493 e. The van der Waals surface area contributed by atoms with E-state index in [2.05, 4.69) is 4.72 Å². The highest BCUT2D eigenvalue weighted by Gasteiger charge is 2.31. The van der Waals surface area contributed by atoms with Crippen LogP contribution in [-0.4, -0.2) is 37.3 Å². The van der Waals surface area contributed by atoms with Crippen LogP contribution in [0.15, 0.2) is 83.8 Å². The Labute approximate surface area is 218 Å². The molecule has 1 atom stereocenters. The first kappa shape index (κ1) is 28.7. The molecule has 0 fully saturated rings. The normalized spacial score (nSPS) is 12.8. The van der Waals surface area contributed by atoms with Crippen molar-refractivity contribution in [3.63, 3.8) is 0 Å². The fourth-order valence-corrected chi connectivity index (χ4v) is 4.56. The zero-order valence-corrected chi connectivity index (χ0v) is 20.9. The zero-order chi connectivity index (χ0) is 27.8. The van der Waals surface area contributed by atoms with Gasteiger partial charge in [0.05, 0.1) is 23.2 Å². The van der Waals surface area contributed by atoms with E-state index in [-0.39, 0.29) is 25.1 Å². The van der Waals surface area contributed by atoms with Crippen molar-refractivity contribution in [3.8, 4) is 5.75 Å². The molecule has 38 heavy (non-hydrogen) atoms. The van der Waals surface area contributed by atoms with Crippen molar-refractivity contribution in [1.82, 2.24) is 0 Å². The number of ether oxygens (including phenoxy) is 1. The molecular formula is C27H26F3NO6S. The fraction of sp³-hybridized carbons (Fsp3) is 0.222. The third kappa shape index (κ3) is 8.63. The Hall–Kier alpha value is -3.83. The molecule has 0 saturated heterocycles. The summed E-state index contributed by atoms with van der Waals surface area (Å²) in [6.07, 6.45) is -1.94. The molecule has 3 aromatic rings. The molecule has 7 nitrogen and oxygen atoms in total. The molecule has 0 radical (unpaired) electrons. The zero-order valence-electron chi connectivity index (χ0n) is 20.1. The number of benzene rings is 3. The Morgan fingerprint density at radius 3 is 2.50 bits per heavy atom. The van der Waals surface area contributed by atoms with Gasteiger partial charge in [-0.2, -0.15) is 13.2 Å². The van der Waals surface area contributed by atoms with E-state index in [0.29, 0.717) is 23.8 Å². The highest BCUT2D eigenvalue weighted by Crippen LogP contribution is 2.31. The lowest BCUT2D eigenvalue weighted by atomic mass is 10.1. The third-order valence-corrected chi connectivity index (χ3v) is 6.75. The maximum atomic E-state index is 13.0. The maximum Gasteiger partial charge on any atom is 0.416 e.